The topological polar surface area (TPSA) is 37.8 Å². The molecule has 0 bridgehead atoms. The Balaban J connectivity index is 2.00. The second-order valence-corrected chi connectivity index (χ2v) is 5.42. The molecule has 1 fully saturated rings. The van der Waals surface area contributed by atoms with E-state index in [1.165, 1.54) is 44.9 Å². The summed E-state index contributed by atoms with van der Waals surface area (Å²) in [7, 11) is 0. The lowest BCUT2D eigenvalue weighted by atomic mass is 9.97. The molecule has 1 aliphatic rings. The minimum Gasteiger partial charge on any atom is -0.367 e. The van der Waals surface area contributed by atoms with E-state index in [2.05, 4.69) is 15.3 Å². The third-order valence-electron chi connectivity index (χ3n) is 3.51. The first-order chi connectivity index (χ1) is 8.78. The van der Waals surface area contributed by atoms with Crippen LogP contribution < -0.4 is 5.32 Å². The van der Waals surface area contributed by atoms with Crippen LogP contribution in [0.3, 0.4) is 0 Å². The summed E-state index contributed by atoms with van der Waals surface area (Å²) >= 11 is 6.01. The van der Waals surface area contributed by atoms with Crippen molar-refractivity contribution >= 4 is 17.4 Å². The van der Waals surface area contributed by atoms with E-state index in [1.54, 1.807) is 0 Å². The normalized spacial score (nSPS) is 18.1. The summed E-state index contributed by atoms with van der Waals surface area (Å²) in [6.07, 6.45) is 10.1. The first-order valence-corrected chi connectivity index (χ1v) is 7.45. The maximum Gasteiger partial charge on any atom is 0.134 e. The summed E-state index contributed by atoms with van der Waals surface area (Å²) in [5, 5.41) is 4.07. The fourth-order valence-electron chi connectivity index (χ4n) is 2.51. The molecule has 0 unspecified atom stereocenters. The lowest BCUT2D eigenvalue weighted by molar-refractivity contribution is 0.470. The van der Waals surface area contributed by atoms with Crippen LogP contribution in [-0.4, -0.2) is 16.0 Å². The summed E-state index contributed by atoms with van der Waals surface area (Å²) in [5.41, 5.74) is 0. The first kappa shape index (κ1) is 13.6. The number of aromatic nitrogens is 2. The summed E-state index contributed by atoms with van der Waals surface area (Å²) < 4.78 is 0. The number of rotatable bonds is 3. The van der Waals surface area contributed by atoms with Gasteiger partial charge in [0.05, 0.1) is 0 Å². The van der Waals surface area contributed by atoms with Gasteiger partial charge in [-0.25, -0.2) is 9.97 Å². The molecule has 0 radical (unpaired) electrons. The van der Waals surface area contributed by atoms with E-state index in [4.69, 9.17) is 11.6 Å². The SMILES string of the molecule is CCc1nc(Cl)cc(NC2CCCCCCC2)n1. The maximum absolute atomic E-state index is 6.01. The Kier molecular flexibility index (Phi) is 5.24. The molecule has 1 aliphatic carbocycles. The van der Waals surface area contributed by atoms with Crippen LogP contribution in [0.25, 0.3) is 0 Å². The number of nitrogens with zero attached hydrogens (tertiary/aromatic N) is 2. The van der Waals surface area contributed by atoms with Crippen LogP contribution in [0.5, 0.6) is 0 Å². The molecule has 1 heterocycles. The Morgan fingerprint density at radius 2 is 1.83 bits per heavy atom. The van der Waals surface area contributed by atoms with Gasteiger partial charge in [0, 0.05) is 18.5 Å². The van der Waals surface area contributed by atoms with E-state index in [1.807, 2.05) is 13.0 Å². The zero-order chi connectivity index (χ0) is 12.8. The second kappa shape index (κ2) is 6.93. The maximum atomic E-state index is 6.01. The summed E-state index contributed by atoms with van der Waals surface area (Å²) in [4.78, 5) is 8.69. The van der Waals surface area contributed by atoms with Gasteiger partial charge in [-0.05, 0) is 12.8 Å². The first-order valence-electron chi connectivity index (χ1n) is 7.08. The molecular weight excluding hydrogens is 246 g/mol. The molecule has 0 spiro atoms. The van der Waals surface area contributed by atoms with Crippen molar-refractivity contribution in [2.24, 2.45) is 0 Å². The van der Waals surface area contributed by atoms with E-state index >= 15 is 0 Å². The van der Waals surface area contributed by atoms with Gasteiger partial charge in [-0.15, -0.1) is 0 Å². The molecule has 1 saturated carbocycles. The molecule has 1 N–H and O–H groups in total. The summed E-state index contributed by atoms with van der Waals surface area (Å²) in [6, 6.07) is 2.38. The molecule has 0 aromatic carbocycles. The molecule has 4 heteroatoms. The van der Waals surface area contributed by atoms with Crippen LogP contribution in [0.1, 0.15) is 57.7 Å². The van der Waals surface area contributed by atoms with E-state index in [9.17, 15) is 0 Å². The van der Waals surface area contributed by atoms with Gasteiger partial charge < -0.3 is 5.32 Å². The van der Waals surface area contributed by atoms with Crippen LogP contribution in [-0.2, 0) is 6.42 Å². The number of halogens is 1. The average Bonchev–Trinajstić information content (AvgIpc) is 2.31. The lowest BCUT2D eigenvalue weighted by Gasteiger charge is -2.21. The van der Waals surface area contributed by atoms with Crippen molar-refractivity contribution in [3.8, 4) is 0 Å². The molecular formula is C14H22ClN3. The van der Waals surface area contributed by atoms with Crippen molar-refractivity contribution < 1.29 is 0 Å². The Hall–Kier alpha value is -0.830. The lowest BCUT2D eigenvalue weighted by Crippen LogP contribution is -2.21. The van der Waals surface area contributed by atoms with E-state index in [0.29, 0.717) is 11.2 Å². The molecule has 0 atom stereocenters. The quantitative estimate of drug-likeness (QED) is 0.834. The van der Waals surface area contributed by atoms with Crippen molar-refractivity contribution in [1.29, 1.82) is 0 Å². The van der Waals surface area contributed by atoms with E-state index in [0.717, 1.165) is 18.1 Å². The molecule has 0 aliphatic heterocycles. The van der Waals surface area contributed by atoms with Gasteiger partial charge in [-0.1, -0.05) is 50.6 Å². The highest BCUT2D eigenvalue weighted by Crippen LogP contribution is 2.21. The largest absolute Gasteiger partial charge is 0.367 e. The molecule has 1 aromatic heterocycles. The Labute approximate surface area is 114 Å². The third-order valence-corrected chi connectivity index (χ3v) is 3.71. The molecule has 1 aromatic rings. The highest BCUT2D eigenvalue weighted by atomic mass is 35.5. The minimum atomic E-state index is 0.537. The van der Waals surface area contributed by atoms with Gasteiger partial charge in [0.25, 0.3) is 0 Å². The summed E-state index contributed by atoms with van der Waals surface area (Å²) in [6.45, 7) is 2.05. The van der Waals surface area contributed by atoms with Crippen molar-refractivity contribution in [3.05, 3.63) is 17.0 Å². The molecule has 3 nitrogen and oxygen atoms in total. The summed E-state index contributed by atoms with van der Waals surface area (Å²) in [5.74, 6) is 1.70. The van der Waals surface area contributed by atoms with Crippen molar-refractivity contribution in [1.82, 2.24) is 9.97 Å². The number of nitrogens with one attached hydrogen (secondary N) is 1. The van der Waals surface area contributed by atoms with Gasteiger partial charge in [0.15, 0.2) is 0 Å². The fraction of sp³-hybridized carbons (Fsp3) is 0.714. The minimum absolute atomic E-state index is 0.537. The monoisotopic (exact) mass is 267 g/mol. The number of anilines is 1. The zero-order valence-electron chi connectivity index (χ0n) is 11.1. The van der Waals surface area contributed by atoms with Crippen LogP contribution >= 0.6 is 11.6 Å². The van der Waals surface area contributed by atoms with Gasteiger partial charge in [0.1, 0.15) is 16.8 Å². The molecule has 0 amide bonds. The van der Waals surface area contributed by atoms with E-state index in [-0.39, 0.29) is 0 Å². The Morgan fingerprint density at radius 3 is 2.50 bits per heavy atom. The predicted octanol–water partition coefficient (Wildman–Crippen LogP) is 4.22. The zero-order valence-corrected chi connectivity index (χ0v) is 11.8. The van der Waals surface area contributed by atoms with E-state index < -0.39 is 0 Å². The Bertz CT molecular complexity index is 373. The molecule has 2 rings (SSSR count). The molecule has 0 saturated heterocycles. The molecule has 100 valence electrons. The van der Waals surface area contributed by atoms with Crippen LogP contribution in [0.2, 0.25) is 5.15 Å². The van der Waals surface area contributed by atoms with Gasteiger partial charge in [-0.2, -0.15) is 0 Å². The number of hydrogen-bond donors (Lipinski definition) is 1. The number of hydrogen-bond acceptors (Lipinski definition) is 3. The Morgan fingerprint density at radius 1 is 1.17 bits per heavy atom. The van der Waals surface area contributed by atoms with Crippen molar-refractivity contribution in [2.45, 2.75) is 64.3 Å². The van der Waals surface area contributed by atoms with Crippen LogP contribution in [0.4, 0.5) is 5.82 Å². The smallest absolute Gasteiger partial charge is 0.134 e. The molecule has 18 heavy (non-hydrogen) atoms. The second-order valence-electron chi connectivity index (χ2n) is 5.03. The highest BCUT2D eigenvalue weighted by molar-refractivity contribution is 6.29. The van der Waals surface area contributed by atoms with Crippen molar-refractivity contribution in [3.63, 3.8) is 0 Å². The van der Waals surface area contributed by atoms with Crippen LogP contribution in [0, 0.1) is 0 Å². The third kappa shape index (κ3) is 4.13. The average molecular weight is 268 g/mol. The van der Waals surface area contributed by atoms with Crippen molar-refractivity contribution in [2.75, 3.05) is 5.32 Å². The van der Waals surface area contributed by atoms with Crippen LogP contribution in [0.15, 0.2) is 6.07 Å². The fourth-order valence-corrected chi connectivity index (χ4v) is 2.71. The predicted molar refractivity (Wildman–Crippen MR) is 76.1 cm³/mol. The number of aryl methyl sites for hydroxylation is 1. The van der Waals surface area contributed by atoms with Gasteiger partial charge >= 0.3 is 0 Å². The highest BCUT2D eigenvalue weighted by Gasteiger charge is 2.12. The van der Waals surface area contributed by atoms with Gasteiger partial charge in [-0.3, -0.25) is 0 Å². The van der Waals surface area contributed by atoms with Gasteiger partial charge in [0.2, 0.25) is 0 Å². The standard InChI is InChI=1S/C14H22ClN3/c1-2-13-17-12(15)10-14(18-13)16-11-8-6-4-3-5-7-9-11/h10-11H,2-9H2,1H3,(H,16,17,18).